The highest BCUT2D eigenvalue weighted by atomic mass is 35.5. The molecule has 6 heteroatoms. The molecule has 1 aromatic heterocycles. The van der Waals surface area contributed by atoms with Crippen LogP contribution in [0, 0.1) is 5.82 Å². The molecule has 0 spiro atoms. The number of anilines is 1. The van der Waals surface area contributed by atoms with Crippen LogP contribution in [0.25, 0.3) is 11.0 Å². The van der Waals surface area contributed by atoms with E-state index in [4.69, 9.17) is 11.6 Å². The minimum atomic E-state index is -0.288. The van der Waals surface area contributed by atoms with Gasteiger partial charge in [-0.15, -0.1) is 0 Å². The van der Waals surface area contributed by atoms with Crippen LogP contribution < -0.4 is 5.43 Å². The van der Waals surface area contributed by atoms with Gasteiger partial charge in [-0.1, -0.05) is 35.9 Å². The van der Waals surface area contributed by atoms with Gasteiger partial charge in [0.25, 0.3) is 0 Å². The van der Waals surface area contributed by atoms with Crippen molar-refractivity contribution in [1.82, 2.24) is 9.97 Å². The molecule has 0 aliphatic carbocycles. The molecule has 0 radical (unpaired) electrons. The first-order valence-electron chi connectivity index (χ1n) is 6.19. The van der Waals surface area contributed by atoms with Gasteiger partial charge in [-0.2, -0.15) is 5.10 Å². The molecule has 0 saturated heterocycles. The Balaban J connectivity index is 1.81. The number of para-hydroxylation sites is 2. The van der Waals surface area contributed by atoms with E-state index < -0.39 is 0 Å². The molecule has 3 rings (SSSR count). The summed E-state index contributed by atoms with van der Waals surface area (Å²) in [6.07, 6.45) is 1.55. The Hall–Kier alpha value is -2.53. The zero-order valence-electron chi connectivity index (χ0n) is 10.8. The molecule has 0 fully saturated rings. The highest BCUT2D eigenvalue weighted by molar-refractivity contribution is 6.32. The first-order chi connectivity index (χ1) is 10.2. The summed E-state index contributed by atoms with van der Waals surface area (Å²) < 4.78 is 12.8. The van der Waals surface area contributed by atoms with Crippen molar-refractivity contribution >= 4 is 34.7 Å². The molecule has 0 atom stereocenters. The SMILES string of the molecule is Fc1ccc(/C=N\Nc2nc3ccccc3nc2Cl)cc1. The molecule has 0 saturated carbocycles. The fourth-order valence-electron chi connectivity index (χ4n) is 1.77. The molecule has 0 bridgehead atoms. The number of benzene rings is 2. The summed E-state index contributed by atoms with van der Waals surface area (Å²) in [7, 11) is 0. The van der Waals surface area contributed by atoms with E-state index in [0.29, 0.717) is 5.82 Å². The van der Waals surface area contributed by atoms with E-state index in [9.17, 15) is 4.39 Å². The van der Waals surface area contributed by atoms with Crippen LogP contribution in [0.15, 0.2) is 53.6 Å². The third kappa shape index (κ3) is 3.14. The van der Waals surface area contributed by atoms with E-state index >= 15 is 0 Å². The van der Waals surface area contributed by atoms with Crippen molar-refractivity contribution in [2.45, 2.75) is 0 Å². The summed E-state index contributed by atoms with van der Waals surface area (Å²) in [5.41, 5.74) is 4.94. The standard InChI is InChI=1S/C15H10ClFN4/c16-14-15(20-13-4-2-1-3-12(13)19-14)21-18-9-10-5-7-11(17)8-6-10/h1-9H,(H,20,21)/b18-9-. The number of hydrazone groups is 1. The van der Waals surface area contributed by atoms with E-state index in [0.717, 1.165) is 16.6 Å². The van der Waals surface area contributed by atoms with Gasteiger partial charge in [-0.25, -0.2) is 14.4 Å². The van der Waals surface area contributed by atoms with Crippen LogP contribution in [0.2, 0.25) is 5.15 Å². The predicted molar refractivity (Wildman–Crippen MR) is 82.2 cm³/mol. The van der Waals surface area contributed by atoms with Crippen LogP contribution >= 0.6 is 11.6 Å². The van der Waals surface area contributed by atoms with Gasteiger partial charge in [0.1, 0.15) is 5.82 Å². The van der Waals surface area contributed by atoms with Gasteiger partial charge in [-0.3, -0.25) is 5.43 Å². The number of rotatable bonds is 3. The van der Waals surface area contributed by atoms with Crippen LogP contribution in [0.5, 0.6) is 0 Å². The third-order valence-electron chi connectivity index (χ3n) is 2.78. The summed E-state index contributed by atoms with van der Waals surface area (Å²) in [5, 5.41) is 4.27. The Morgan fingerprint density at radius 2 is 1.67 bits per heavy atom. The zero-order valence-corrected chi connectivity index (χ0v) is 11.5. The maximum atomic E-state index is 12.8. The minimum Gasteiger partial charge on any atom is -0.259 e. The second-order valence-electron chi connectivity index (χ2n) is 4.27. The molecule has 1 N–H and O–H groups in total. The molecule has 104 valence electrons. The summed E-state index contributed by atoms with van der Waals surface area (Å²) in [4.78, 5) is 8.57. The number of hydrogen-bond acceptors (Lipinski definition) is 4. The summed E-state index contributed by atoms with van der Waals surface area (Å²) in [6, 6.07) is 13.4. The van der Waals surface area contributed by atoms with Gasteiger partial charge >= 0.3 is 0 Å². The lowest BCUT2D eigenvalue weighted by molar-refractivity contribution is 0.628. The largest absolute Gasteiger partial charge is 0.259 e. The van der Waals surface area contributed by atoms with Gasteiger partial charge < -0.3 is 0 Å². The predicted octanol–water partition coefficient (Wildman–Crippen LogP) is 3.87. The van der Waals surface area contributed by atoms with E-state index in [1.807, 2.05) is 24.3 Å². The fraction of sp³-hybridized carbons (Fsp3) is 0. The second kappa shape index (κ2) is 5.85. The lowest BCUT2D eigenvalue weighted by atomic mass is 10.2. The smallest absolute Gasteiger partial charge is 0.185 e. The first-order valence-corrected chi connectivity index (χ1v) is 6.57. The van der Waals surface area contributed by atoms with Crippen LogP contribution in [0.4, 0.5) is 10.2 Å². The topological polar surface area (TPSA) is 50.2 Å². The average molecular weight is 301 g/mol. The molecular formula is C15H10ClFN4. The van der Waals surface area contributed by atoms with Gasteiger partial charge in [0.2, 0.25) is 0 Å². The molecule has 2 aromatic carbocycles. The van der Waals surface area contributed by atoms with Crippen LogP contribution in [0.3, 0.4) is 0 Å². The number of fused-ring (bicyclic) bond motifs is 1. The minimum absolute atomic E-state index is 0.241. The maximum Gasteiger partial charge on any atom is 0.185 e. The summed E-state index contributed by atoms with van der Waals surface area (Å²) in [6.45, 7) is 0. The van der Waals surface area contributed by atoms with E-state index in [-0.39, 0.29) is 11.0 Å². The van der Waals surface area contributed by atoms with Crippen molar-refractivity contribution in [2.24, 2.45) is 5.10 Å². The van der Waals surface area contributed by atoms with Crippen LogP contribution in [0.1, 0.15) is 5.56 Å². The van der Waals surface area contributed by atoms with Crippen LogP contribution in [-0.4, -0.2) is 16.2 Å². The average Bonchev–Trinajstić information content (AvgIpc) is 2.50. The lowest BCUT2D eigenvalue weighted by Crippen LogP contribution is -1.97. The van der Waals surface area contributed by atoms with E-state index in [1.165, 1.54) is 12.1 Å². The zero-order chi connectivity index (χ0) is 14.7. The molecule has 0 aliphatic heterocycles. The normalized spacial score (nSPS) is 11.1. The van der Waals surface area contributed by atoms with E-state index in [2.05, 4.69) is 20.5 Å². The van der Waals surface area contributed by atoms with Crippen LogP contribution in [-0.2, 0) is 0 Å². The van der Waals surface area contributed by atoms with Crippen molar-refractivity contribution in [3.63, 3.8) is 0 Å². The molecule has 4 nitrogen and oxygen atoms in total. The quantitative estimate of drug-likeness (QED) is 0.590. The first kappa shape index (κ1) is 13.5. The van der Waals surface area contributed by atoms with Gasteiger partial charge in [0, 0.05) is 0 Å². The Kier molecular flexibility index (Phi) is 3.75. The number of halogens is 2. The van der Waals surface area contributed by atoms with Crippen molar-refractivity contribution in [1.29, 1.82) is 0 Å². The fourth-order valence-corrected chi connectivity index (χ4v) is 1.94. The summed E-state index contributed by atoms with van der Waals surface area (Å²) in [5.74, 6) is 0.0808. The van der Waals surface area contributed by atoms with Crippen molar-refractivity contribution in [2.75, 3.05) is 5.43 Å². The van der Waals surface area contributed by atoms with Crippen molar-refractivity contribution < 1.29 is 4.39 Å². The Morgan fingerprint density at radius 3 is 2.38 bits per heavy atom. The molecule has 3 aromatic rings. The molecule has 0 unspecified atom stereocenters. The highest BCUT2D eigenvalue weighted by Crippen LogP contribution is 2.20. The maximum absolute atomic E-state index is 12.8. The number of nitrogens with zero attached hydrogens (tertiary/aromatic N) is 3. The van der Waals surface area contributed by atoms with Gasteiger partial charge in [-0.05, 0) is 29.8 Å². The lowest BCUT2D eigenvalue weighted by Gasteiger charge is -2.03. The number of nitrogens with one attached hydrogen (secondary N) is 1. The number of hydrogen-bond donors (Lipinski definition) is 1. The second-order valence-corrected chi connectivity index (χ2v) is 4.63. The van der Waals surface area contributed by atoms with Crippen molar-refractivity contribution in [3.8, 4) is 0 Å². The Morgan fingerprint density at radius 1 is 1.00 bits per heavy atom. The molecule has 0 amide bonds. The van der Waals surface area contributed by atoms with Crippen molar-refractivity contribution in [3.05, 3.63) is 65.1 Å². The van der Waals surface area contributed by atoms with Gasteiger partial charge in [0.05, 0.1) is 17.2 Å². The molecule has 21 heavy (non-hydrogen) atoms. The Labute approximate surface area is 125 Å². The monoisotopic (exact) mass is 300 g/mol. The third-order valence-corrected chi connectivity index (χ3v) is 3.05. The summed E-state index contributed by atoms with van der Waals surface area (Å²) >= 11 is 6.05. The highest BCUT2D eigenvalue weighted by Gasteiger charge is 2.05. The molecule has 0 aliphatic rings. The Bertz CT molecular complexity index is 802. The molecule has 1 heterocycles. The van der Waals surface area contributed by atoms with Gasteiger partial charge in [0.15, 0.2) is 11.0 Å². The number of aromatic nitrogens is 2. The van der Waals surface area contributed by atoms with E-state index in [1.54, 1.807) is 18.3 Å². The molecular weight excluding hydrogens is 291 g/mol.